The van der Waals surface area contributed by atoms with Crippen LogP contribution >= 0.6 is 15.9 Å². The molecule has 0 saturated heterocycles. The van der Waals surface area contributed by atoms with Gasteiger partial charge in [-0.25, -0.2) is 14.8 Å². The van der Waals surface area contributed by atoms with Crippen molar-refractivity contribution in [2.75, 3.05) is 6.61 Å². The lowest BCUT2D eigenvalue weighted by Gasteiger charge is -1.97. The molecule has 6 heteroatoms. The Bertz CT molecular complexity index is 509. The zero-order valence-electron chi connectivity index (χ0n) is 7.98. The van der Waals surface area contributed by atoms with Crippen LogP contribution in [0.15, 0.2) is 23.2 Å². The van der Waals surface area contributed by atoms with Gasteiger partial charge < -0.3 is 4.74 Å². The lowest BCUT2D eigenvalue weighted by Crippen LogP contribution is -2.05. The average molecular weight is 270 g/mol. The molecular formula is C9H8BrN3O2. The monoisotopic (exact) mass is 269 g/mol. The predicted molar refractivity (Wildman–Crippen MR) is 56.6 cm³/mol. The minimum Gasteiger partial charge on any atom is -0.461 e. The van der Waals surface area contributed by atoms with Gasteiger partial charge in [-0.05, 0) is 28.9 Å². The molecule has 2 heterocycles. The molecule has 0 N–H and O–H groups in total. The molecule has 0 aliphatic rings. The number of carbonyl (C=O) groups is 1. The number of imidazole rings is 1. The van der Waals surface area contributed by atoms with Gasteiger partial charge in [0.05, 0.1) is 6.61 Å². The molecule has 2 aromatic heterocycles. The van der Waals surface area contributed by atoms with Gasteiger partial charge in [-0.15, -0.1) is 0 Å². The largest absolute Gasteiger partial charge is 0.461 e. The highest BCUT2D eigenvalue weighted by Crippen LogP contribution is 2.18. The minimum absolute atomic E-state index is 0.268. The third kappa shape index (κ3) is 1.72. The van der Waals surface area contributed by atoms with Gasteiger partial charge in [0.25, 0.3) is 0 Å². The van der Waals surface area contributed by atoms with Crippen LogP contribution in [0.1, 0.15) is 17.4 Å². The van der Waals surface area contributed by atoms with E-state index in [4.69, 9.17) is 4.74 Å². The average Bonchev–Trinajstić information content (AvgIpc) is 2.57. The van der Waals surface area contributed by atoms with E-state index in [2.05, 4.69) is 25.9 Å². The first-order chi connectivity index (χ1) is 7.24. The van der Waals surface area contributed by atoms with Crippen LogP contribution in [-0.4, -0.2) is 26.9 Å². The Labute approximate surface area is 94.2 Å². The Morgan fingerprint density at radius 1 is 1.67 bits per heavy atom. The number of halogens is 1. The number of hydrogen-bond donors (Lipinski definition) is 0. The Morgan fingerprint density at radius 2 is 2.47 bits per heavy atom. The summed E-state index contributed by atoms with van der Waals surface area (Å²) in [6.07, 6.45) is 3.19. The van der Waals surface area contributed by atoms with Crippen molar-refractivity contribution in [2.45, 2.75) is 6.92 Å². The predicted octanol–water partition coefficient (Wildman–Crippen LogP) is 1.67. The van der Waals surface area contributed by atoms with Crippen molar-refractivity contribution >= 4 is 27.5 Å². The van der Waals surface area contributed by atoms with E-state index >= 15 is 0 Å². The number of ether oxygens (including phenoxy) is 1. The second kappa shape index (κ2) is 3.98. The third-order valence-corrected chi connectivity index (χ3v) is 2.60. The molecule has 0 atom stereocenters. The molecule has 0 saturated carbocycles. The van der Waals surface area contributed by atoms with E-state index in [1.165, 1.54) is 0 Å². The van der Waals surface area contributed by atoms with E-state index in [0.29, 0.717) is 16.9 Å². The fourth-order valence-electron chi connectivity index (χ4n) is 1.20. The van der Waals surface area contributed by atoms with E-state index in [-0.39, 0.29) is 5.69 Å². The highest BCUT2D eigenvalue weighted by atomic mass is 79.9. The van der Waals surface area contributed by atoms with Crippen LogP contribution in [-0.2, 0) is 4.74 Å². The van der Waals surface area contributed by atoms with Gasteiger partial charge in [-0.1, -0.05) is 0 Å². The highest BCUT2D eigenvalue weighted by molar-refractivity contribution is 9.10. The fraction of sp³-hybridized carbons (Fsp3) is 0.222. The number of esters is 1. The first-order valence-corrected chi connectivity index (χ1v) is 5.18. The van der Waals surface area contributed by atoms with E-state index in [1.807, 2.05) is 0 Å². The third-order valence-electron chi connectivity index (χ3n) is 1.84. The highest BCUT2D eigenvalue weighted by Gasteiger charge is 2.17. The first kappa shape index (κ1) is 10.1. The molecule has 15 heavy (non-hydrogen) atoms. The molecule has 0 aromatic carbocycles. The van der Waals surface area contributed by atoms with Gasteiger partial charge in [0.2, 0.25) is 0 Å². The van der Waals surface area contributed by atoms with Gasteiger partial charge in [0, 0.05) is 6.20 Å². The molecule has 2 rings (SSSR count). The Kier molecular flexibility index (Phi) is 2.68. The number of carbonyl (C=O) groups excluding carboxylic acids is 1. The minimum atomic E-state index is -0.437. The summed E-state index contributed by atoms with van der Waals surface area (Å²) >= 11 is 3.28. The van der Waals surface area contributed by atoms with Crippen molar-refractivity contribution < 1.29 is 9.53 Å². The molecule has 0 spiro atoms. The molecule has 0 aliphatic carbocycles. The van der Waals surface area contributed by atoms with Crippen LogP contribution in [0, 0.1) is 0 Å². The molecule has 78 valence electrons. The second-order valence-corrected chi connectivity index (χ2v) is 3.53. The van der Waals surface area contributed by atoms with Crippen LogP contribution < -0.4 is 0 Å². The summed E-state index contributed by atoms with van der Waals surface area (Å²) in [6.45, 7) is 2.08. The summed E-state index contributed by atoms with van der Waals surface area (Å²) in [5.74, 6) is -0.437. The molecule has 0 bridgehead atoms. The van der Waals surface area contributed by atoms with Crippen LogP contribution in [0.4, 0.5) is 0 Å². The Balaban J connectivity index is 2.53. The number of nitrogens with zero attached hydrogens (tertiary/aromatic N) is 3. The first-order valence-electron chi connectivity index (χ1n) is 4.38. The van der Waals surface area contributed by atoms with E-state index in [1.54, 1.807) is 29.9 Å². The lowest BCUT2D eigenvalue weighted by atomic mass is 10.5. The maximum Gasteiger partial charge on any atom is 0.359 e. The topological polar surface area (TPSA) is 56.5 Å². The molecular weight excluding hydrogens is 262 g/mol. The van der Waals surface area contributed by atoms with Gasteiger partial charge in [0.15, 0.2) is 5.69 Å². The molecule has 0 amide bonds. The van der Waals surface area contributed by atoms with Gasteiger partial charge in [-0.2, -0.15) is 0 Å². The summed E-state index contributed by atoms with van der Waals surface area (Å²) in [6, 6.07) is 1.72. The molecule has 5 nitrogen and oxygen atoms in total. The Hall–Kier alpha value is -1.43. The number of fused-ring (bicyclic) bond motifs is 1. The van der Waals surface area contributed by atoms with Crippen molar-refractivity contribution in [3.05, 3.63) is 28.9 Å². The van der Waals surface area contributed by atoms with E-state index in [9.17, 15) is 4.79 Å². The van der Waals surface area contributed by atoms with Gasteiger partial charge in [0.1, 0.15) is 16.6 Å². The molecule has 0 aliphatic heterocycles. The van der Waals surface area contributed by atoms with Crippen molar-refractivity contribution in [1.82, 2.24) is 14.4 Å². The zero-order valence-corrected chi connectivity index (χ0v) is 9.56. The van der Waals surface area contributed by atoms with Crippen molar-refractivity contribution in [3.63, 3.8) is 0 Å². The summed E-state index contributed by atoms with van der Waals surface area (Å²) in [4.78, 5) is 19.6. The quantitative estimate of drug-likeness (QED) is 0.779. The van der Waals surface area contributed by atoms with Crippen LogP contribution in [0.25, 0.3) is 5.65 Å². The lowest BCUT2D eigenvalue weighted by molar-refractivity contribution is 0.0519. The van der Waals surface area contributed by atoms with Crippen LogP contribution in [0.5, 0.6) is 0 Å². The maximum absolute atomic E-state index is 11.5. The number of hydrogen-bond acceptors (Lipinski definition) is 4. The summed E-state index contributed by atoms with van der Waals surface area (Å²) in [5.41, 5.74) is 0.921. The zero-order chi connectivity index (χ0) is 10.8. The molecule has 0 fully saturated rings. The maximum atomic E-state index is 11.5. The van der Waals surface area contributed by atoms with Gasteiger partial charge >= 0.3 is 5.97 Å². The van der Waals surface area contributed by atoms with E-state index < -0.39 is 5.97 Å². The van der Waals surface area contributed by atoms with Crippen molar-refractivity contribution in [3.8, 4) is 0 Å². The molecule has 0 unspecified atom stereocenters. The van der Waals surface area contributed by atoms with Crippen molar-refractivity contribution in [2.24, 2.45) is 0 Å². The summed E-state index contributed by atoms with van der Waals surface area (Å²) in [5, 5.41) is 0. The van der Waals surface area contributed by atoms with Crippen LogP contribution in [0.3, 0.4) is 0 Å². The van der Waals surface area contributed by atoms with Crippen LogP contribution in [0.2, 0.25) is 0 Å². The normalized spacial score (nSPS) is 10.5. The summed E-state index contributed by atoms with van der Waals surface area (Å²) in [7, 11) is 0. The molecule has 2 aromatic rings. The van der Waals surface area contributed by atoms with Gasteiger partial charge in [-0.3, -0.25) is 4.40 Å². The second-order valence-electron chi connectivity index (χ2n) is 2.78. The number of rotatable bonds is 2. The fourth-order valence-corrected chi connectivity index (χ4v) is 1.72. The Morgan fingerprint density at radius 3 is 3.13 bits per heavy atom. The van der Waals surface area contributed by atoms with E-state index in [0.717, 1.165) is 0 Å². The standard InChI is InChI=1S/C9H8BrN3O2/c1-2-15-9(14)7-8(10)13-5-11-4-3-6(13)12-7/h3-5H,2H2,1H3. The SMILES string of the molecule is CCOC(=O)c1nc2ccncn2c1Br. The van der Waals surface area contributed by atoms with Crippen molar-refractivity contribution in [1.29, 1.82) is 0 Å². The smallest absolute Gasteiger partial charge is 0.359 e. The molecule has 0 radical (unpaired) electrons. The number of aromatic nitrogens is 3. The summed E-state index contributed by atoms with van der Waals surface area (Å²) < 4.78 is 7.11.